The molecule has 0 aromatic heterocycles. The van der Waals surface area contributed by atoms with Gasteiger partial charge in [0.15, 0.2) is 5.78 Å². The molecule has 4 heteroatoms. The summed E-state index contributed by atoms with van der Waals surface area (Å²) in [6.45, 7) is 2.84. The summed E-state index contributed by atoms with van der Waals surface area (Å²) >= 11 is 0. The van der Waals surface area contributed by atoms with E-state index in [1.54, 1.807) is 7.05 Å². The fourth-order valence-electron chi connectivity index (χ4n) is 1.71. The van der Waals surface area contributed by atoms with Crippen LogP contribution < -0.4 is 5.32 Å². The maximum atomic E-state index is 12.0. The zero-order valence-electron chi connectivity index (χ0n) is 11.2. The molecule has 98 valence electrons. The number of Topliss-reactive ketones (excluding diaryl/α,β-unsaturated/α-hetero) is 1. The first-order chi connectivity index (χ1) is 8.54. The van der Waals surface area contributed by atoms with Gasteiger partial charge in [0.2, 0.25) is 5.91 Å². The monoisotopic (exact) mass is 248 g/mol. The molecule has 4 nitrogen and oxygen atoms in total. The van der Waals surface area contributed by atoms with Crippen LogP contribution in [0.2, 0.25) is 0 Å². The van der Waals surface area contributed by atoms with Crippen LogP contribution in [0.1, 0.15) is 22.3 Å². The molecule has 1 aromatic carbocycles. The van der Waals surface area contributed by atoms with Crippen LogP contribution in [0.5, 0.6) is 0 Å². The van der Waals surface area contributed by atoms with E-state index in [-0.39, 0.29) is 11.7 Å². The molecule has 1 rings (SSSR count). The Kier molecular flexibility index (Phi) is 5.52. The van der Waals surface area contributed by atoms with Crippen LogP contribution in [-0.4, -0.2) is 43.8 Å². The maximum Gasteiger partial charge on any atom is 0.221 e. The van der Waals surface area contributed by atoms with E-state index >= 15 is 0 Å². The van der Waals surface area contributed by atoms with Crippen molar-refractivity contribution in [3.8, 4) is 0 Å². The minimum Gasteiger partial charge on any atom is -0.359 e. The lowest BCUT2D eigenvalue weighted by atomic mass is 10.0. The number of nitrogens with one attached hydrogen (secondary N) is 1. The molecule has 0 saturated heterocycles. The van der Waals surface area contributed by atoms with E-state index in [9.17, 15) is 9.59 Å². The number of carbonyl (C=O) groups is 2. The van der Waals surface area contributed by atoms with Crippen molar-refractivity contribution in [1.82, 2.24) is 10.2 Å². The molecule has 0 aliphatic heterocycles. The molecule has 0 atom stereocenters. The highest BCUT2D eigenvalue weighted by Gasteiger charge is 2.11. The third-order valence-corrected chi connectivity index (χ3v) is 2.86. The van der Waals surface area contributed by atoms with Crippen molar-refractivity contribution in [2.75, 3.05) is 27.2 Å². The average molecular weight is 248 g/mol. The summed E-state index contributed by atoms with van der Waals surface area (Å²) in [5.41, 5.74) is 1.74. The molecule has 0 aliphatic rings. The van der Waals surface area contributed by atoms with Gasteiger partial charge in [-0.05, 0) is 19.5 Å². The van der Waals surface area contributed by atoms with Gasteiger partial charge in [-0.25, -0.2) is 0 Å². The summed E-state index contributed by atoms with van der Waals surface area (Å²) in [6.07, 6.45) is 0.411. The first-order valence-electron chi connectivity index (χ1n) is 6.02. The number of amides is 1. The van der Waals surface area contributed by atoms with Crippen LogP contribution in [0.3, 0.4) is 0 Å². The summed E-state index contributed by atoms with van der Waals surface area (Å²) in [6, 6.07) is 7.55. The number of benzene rings is 1. The van der Waals surface area contributed by atoms with Gasteiger partial charge in [-0.15, -0.1) is 0 Å². The Morgan fingerprint density at radius 2 is 1.94 bits per heavy atom. The van der Waals surface area contributed by atoms with Gasteiger partial charge in [0.05, 0.1) is 6.54 Å². The Morgan fingerprint density at radius 1 is 1.28 bits per heavy atom. The lowest BCUT2D eigenvalue weighted by Gasteiger charge is -2.15. The topological polar surface area (TPSA) is 49.4 Å². The number of likely N-dealkylation sites (N-methyl/N-ethyl adjacent to an activating group) is 1. The molecule has 1 aromatic rings. The zero-order chi connectivity index (χ0) is 13.5. The van der Waals surface area contributed by atoms with Gasteiger partial charge in [-0.2, -0.15) is 0 Å². The Bertz CT molecular complexity index is 430. The number of rotatable bonds is 6. The van der Waals surface area contributed by atoms with Crippen LogP contribution in [0.15, 0.2) is 24.3 Å². The van der Waals surface area contributed by atoms with Crippen LogP contribution in [0.25, 0.3) is 0 Å². The van der Waals surface area contributed by atoms with Crippen molar-refractivity contribution in [2.24, 2.45) is 0 Å². The van der Waals surface area contributed by atoms with Crippen molar-refractivity contribution < 1.29 is 9.59 Å². The molecule has 0 radical (unpaired) electrons. The highest BCUT2D eigenvalue weighted by molar-refractivity contribution is 5.98. The lowest BCUT2D eigenvalue weighted by Crippen LogP contribution is -2.30. The molecule has 0 spiro atoms. The van der Waals surface area contributed by atoms with Crippen LogP contribution in [0.4, 0.5) is 0 Å². The predicted octanol–water partition coefficient (Wildman–Crippen LogP) is 1.25. The number of hydrogen-bond acceptors (Lipinski definition) is 3. The van der Waals surface area contributed by atoms with Gasteiger partial charge in [0.1, 0.15) is 0 Å². The molecule has 1 amide bonds. The summed E-state index contributed by atoms with van der Waals surface area (Å²) in [5, 5.41) is 2.56. The van der Waals surface area contributed by atoms with Gasteiger partial charge >= 0.3 is 0 Å². The van der Waals surface area contributed by atoms with E-state index in [4.69, 9.17) is 0 Å². The third kappa shape index (κ3) is 4.30. The Hall–Kier alpha value is -1.68. The first kappa shape index (κ1) is 14.4. The molecular weight excluding hydrogens is 228 g/mol. The van der Waals surface area contributed by atoms with Gasteiger partial charge in [0, 0.05) is 25.6 Å². The van der Waals surface area contributed by atoms with Gasteiger partial charge in [-0.3, -0.25) is 14.5 Å². The molecule has 1 N–H and O–H groups in total. The minimum absolute atomic E-state index is 0.00908. The summed E-state index contributed by atoms with van der Waals surface area (Å²) < 4.78 is 0. The van der Waals surface area contributed by atoms with Crippen molar-refractivity contribution >= 4 is 11.7 Å². The van der Waals surface area contributed by atoms with Crippen LogP contribution in [-0.2, 0) is 4.79 Å². The van der Waals surface area contributed by atoms with Gasteiger partial charge in [-0.1, -0.05) is 24.3 Å². The second kappa shape index (κ2) is 6.91. The van der Waals surface area contributed by atoms with E-state index in [2.05, 4.69) is 5.32 Å². The normalized spacial score (nSPS) is 10.4. The van der Waals surface area contributed by atoms with E-state index in [0.717, 1.165) is 11.1 Å². The second-order valence-electron chi connectivity index (χ2n) is 4.40. The maximum absolute atomic E-state index is 12.0. The molecule has 18 heavy (non-hydrogen) atoms. The van der Waals surface area contributed by atoms with E-state index < -0.39 is 0 Å². The summed E-state index contributed by atoms with van der Waals surface area (Å²) in [4.78, 5) is 25.0. The number of hydrogen-bond donors (Lipinski definition) is 1. The van der Waals surface area contributed by atoms with E-state index in [1.807, 2.05) is 43.1 Å². The summed E-state index contributed by atoms with van der Waals surface area (Å²) in [7, 11) is 3.46. The van der Waals surface area contributed by atoms with Crippen molar-refractivity contribution in [3.05, 3.63) is 35.4 Å². The average Bonchev–Trinajstić information content (AvgIpc) is 2.36. The second-order valence-corrected chi connectivity index (χ2v) is 4.40. The number of aryl methyl sites for hydroxylation is 1. The fraction of sp³-hybridized carbons (Fsp3) is 0.429. The lowest BCUT2D eigenvalue weighted by molar-refractivity contribution is -0.120. The van der Waals surface area contributed by atoms with Crippen LogP contribution >= 0.6 is 0 Å². The minimum atomic E-state index is -0.00908. The fourth-order valence-corrected chi connectivity index (χ4v) is 1.71. The molecule has 0 aliphatic carbocycles. The molecular formula is C14H20N2O2. The van der Waals surface area contributed by atoms with Gasteiger partial charge in [0.25, 0.3) is 0 Å². The third-order valence-electron chi connectivity index (χ3n) is 2.86. The molecule has 0 bridgehead atoms. The smallest absolute Gasteiger partial charge is 0.221 e. The number of nitrogens with zero attached hydrogens (tertiary/aromatic N) is 1. The number of ketones is 1. The molecule has 0 saturated carbocycles. The SMILES string of the molecule is CNC(=O)CCN(C)CC(=O)c1ccccc1C. The number of carbonyl (C=O) groups excluding carboxylic acids is 2. The molecule has 0 unspecified atom stereocenters. The Morgan fingerprint density at radius 3 is 2.56 bits per heavy atom. The zero-order valence-corrected chi connectivity index (χ0v) is 11.2. The van der Waals surface area contributed by atoms with E-state index in [1.165, 1.54) is 0 Å². The predicted molar refractivity (Wildman–Crippen MR) is 71.7 cm³/mol. The molecule has 0 fully saturated rings. The van der Waals surface area contributed by atoms with Crippen molar-refractivity contribution in [3.63, 3.8) is 0 Å². The van der Waals surface area contributed by atoms with Crippen molar-refractivity contribution in [2.45, 2.75) is 13.3 Å². The largest absolute Gasteiger partial charge is 0.359 e. The first-order valence-corrected chi connectivity index (χ1v) is 6.02. The highest BCUT2D eigenvalue weighted by Crippen LogP contribution is 2.08. The Labute approximate surface area is 108 Å². The quantitative estimate of drug-likeness (QED) is 0.771. The Balaban J connectivity index is 2.50. The van der Waals surface area contributed by atoms with Crippen molar-refractivity contribution in [1.29, 1.82) is 0 Å². The summed E-state index contributed by atoms with van der Waals surface area (Å²) in [5.74, 6) is 0.0812. The highest BCUT2D eigenvalue weighted by atomic mass is 16.1. The van der Waals surface area contributed by atoms with Gasteiger partial charge < -0.3 is 5.32 Å². The van der Waals surface area contributed by atoms with Crippen LogP contribution in [0, 0.1) is 6.92 Å². The standard InChI is InChI=1S/C14H20N2O2/c1-11-6-4-5-7-12(11)13(17)10-16(3)9-8-14(18)15-2/h4-7H,8-10H2,1-3H3,(H,15,18). The molecule has 0 heterocycles. The van der Waals surface area contributed by atoms with E-state index in [0.29, 0.717) is 19.5 Å².